The number of carbonyl (C=O) groups is 1. The van der Waals surface area contributed by atoms with Crippen LogP contribution in [0.15, 0.2) is 24.3 Å². The van der Waals surface area contributed by atoms with E-state index in [0.29, 0.717) is 17.0 Å². The van der Waals surface area contributed by atoms with E-state index in [1.165, 1.54) is 6.92 Å². The molecule has 0 saturated carbocycles. The van der Waals surface area contributed by atoms with Crippen LogP contribution in [0.4, 0.5) is 0 Å². The minimum absolute atomic E-state index is 0.320. The molecule has 2 N–H and O–H groups in total. The predicted molar refractivity (Wildman–Crippen MR) is 62.4 cm³/mol. The molecule has 4 heteroatoms. The zero-order chi connectivity index (χ0) is 12.3. The van der Waals surface area contributed by atoms with E-state index in [4.69, 9.17) is 16.7 Å². The van der Waals surface area contributed by atoms with E-state index in [1.54, 1.807) is 31.2 Å². The van der Waals surface area contributed by atoms with Gasteiger partial charge in [-0.05, 0) is 31.0 Å². The molecule has 2 unspecified atom stereocenters. The molecule has 0 radical (unpaired) electrons. The third-order valence-corrected chi connectivity index (χ3v) is 3.19. The third kappa shape index (κ3) is 2.36. The molecule has 2 atom stereocenters. The summed E-state index contributed by atoms with van der Waals surface area (Å²) in [4.78, 5) is 11.0. The summed E-state index contributed by atoms with van der Waals surface area (Å²) in [6.45, 7) is 3.24. The molecule has 0 spiro atoms. The van der Waals surface area contributed by atoms with E-state index in [9.17, 15) is 9.90 Å². The van der Waals surface area contributed by atoms with Gasteiger partial charge in [0.05, 0.1) is 5.92 Å². The first-order valence-electron chi connectivity index (χ1n) is 5.13. The quantitative estimate of drug-likeness (QED) is 0.854. The van der Waals surface area contributed by atoms with Crippen LogP contribution >= 0.6 is 11.6 Å². The number of rotatable bonds is 4. The minimum atomic E-state index is -1.38. The van der Waals surface area contributed by atoms with Crippen LogP contribution < -0.4 is 0 Å². The van der Waals surface area contributed by atoms with E-state index in [1.807, 2.05) is 0 Å². The van der Waals surface area contributed by atoms with Crippen LogP contribution in [0, 0.1) is 5.92 Å². The first-order valence-corrected chi connectivity index (χ1v) is 5.51. The number of halogens is 1. The van der Waals surface area contributed by atoms with Crippen LogP contribution in [0.5, 0.6) is 0 Å². The van der Waals surface area contributed by atoms with Gasteiger partial charge < -0.3 is 10.2 Å². The van der Waals surface area contributed by atoms with Gasteiger partial charge in [0.1, 0.15) is 5.60 Å². The van der Waals surface area contributed by atoms with E-state index in [2.05, 4.69) is 0 Å². The van der Waals surface area contributed by atoms with Crippen molar-refractivity contribution in [1.29, 1.82) is 0 Å². The SMILES string of the molecule is CCC(O)(c1cccc(Cl)c1)C(C)C(=O)O. The van der Waals surface area contributed by atoms with E-state index in [-0.39, 0.29) is 0 Å². The summed E-state index contributed by atoms with van der Waals surface area (Å²) in [6, 6.07) is 6.68. The zero-order valence-corrected chi connectivity index (χ0v) is 10.0. The van der Waals surface area contributed by atoms with Crippen molar-refractivity contribution in [3.63, 3.8) is 0 Å². The zero-order valence-electron chi connectivity index (χ0n) is 9.27. The van der Waals surface area contributed by atoms with Gasteiger partial charge in [0, 0.05) is 5.02 Å². The lowest BCUT2D eigenvalue weighted by atomic mass is 9.80. The first-order chi connectivity index (χ1) is 7.41. The molecule has 0 fully saturated rings. The lowest BCUT2D eigenvalue weighted by Crippen LogP contribution is -2.37. The highest BCUT2D eigenvalue weighted by molar-refractivity contribution is 6.30. The van der Waals surface area contributed by atoms with E-state index in [0.717, 1.165) is 0 Å². The topological polar surface area (TPSA) is 57.5 Å². The van der Waals surface area contributed by atoms with Gasteiger partial charge in [0.15, 0.2) is 0 Å². The molecule has 0 aliphatic rings. The molecule has 0 aliphatic heterocycles. The van der Waals surface area contributed by atoms with Crippen LogP contribution in [0.2, 0.25) is 5.02 Å². The Morgan fingerprint density at radius 2 is 2.19 bits per heavy atom. The summed E-state index contributed by atoms with van der Waals surface area (Å²) in [6.07, 6.45) is 0.320. The molecular formula is C12H15ClO3. The molecule has 1 aromatic rings. The van der Waals surface area contributed by atoms with Crippen molar-refractivity contribution in [3.05, 3.63) is 34.9 Å². The van der Waals surface area contributed by atoms with Gasteiger partial charge in [-0.3, -0.25) is 4.79 Å². The molecule has 0 bridgehead atoms. The molecule has 0 amide bonds. The molecule has 1 aromatic carbocycles. The summed E-state index contributed by atoms with van der Waals surface area (Å²) in [5, 5.41) is 19.9. The van der Waals surface area contributed by atoms with Gasteiger partial charge in [-0.25, -0.2) is 0 Å². The molecule has 88 valence electrons. The Labute approximate surface area is 99.7 Å². The maximum absolute atomic E-state index is 11.0. The highest BCUT2D eigenvalue weighted by Gasteiger charge is 2.38. The lowest BCUT2D eigenvalue weighted by molar-refractivity contribution is -0.152. The van der Waals surface area contributed by atoms with E-state index < -0.39 is 17.5 Å². The average molecular weight is 243 g/mol. The van der Waals surface area contributed by atoms with Gasteiger partial charge >= 0.3 is 5.97 Å². The lowest BCUT2D eigenvalue weighted by Gasteiger charge is -2.31. The second-order valence-electron chi connectivity index (χ2n) is 3.85. The number of benzene rings is 1. The van der Waals surface area contributed by atoms with Crippen molar-refractivity contribution in [3.8, 4) is 0 Å². The molecule has 0 heterocycles. The summed E-state index contributed by atoms with van der Waals surface area (Å²) in [5.74, 6) is -1.90. The smallest absolute Gasteiger partial charge is 0.309 e. The fraction of sp³-hybridized carbons (Fsp3) is 0.417. The number of hydrogen-bond acceptors (Lipinski definition) is 2. The Balaban J connectivity index is 3.19. The highest BCUT2D eigenvalue weighted by atomic mass is 35.5. The standard InChI is InChI=1S/C12H15ClO3/c1-3-12(16,8(2)11(14)15)9-5-4-6-10(13)7-9/h4-8,16H,3H2,1-2H3,(H,14,15). The van der Waals surface area contributed by atoms with E-state index >= 15 is 0 Å². The van der Waals surface area contributed by atoms with Crippen LogP contribution in [-0.2, 0) is 10.4 Å². The maximum Gasteiger partial charge on any atom is 0.309 e. The summed E-state index contributed by atoms with van der Waals surface area (Å²) < 4.78 is 0. The summed E-state index contributed by atoms with van der Waals surface area (Å²) in [5.41, 5.74) is -0.839. The molecule has 0 saturated heterocycles. The van der Waals surface area contributed by atoms with Gasteiger partial charge in [0.2, 0.25) is 0 Å². The second kappa shape index (κ2) is 4.85. The third-order valence-electron chi connectivity index (χ3n) is 2.95. The molecule has 16 heavy (non-hydrogen) atoms. The van der Waals surface area contributed by atoms with Gasteiger partial charge in [0.25, 0.3) is 0 Å². The number of aliphatic carboxylic acids is 1. The normalized spacial score (nSPS) is 16.5. The number of hydrogen-bond donors (Lipinski definition) is 2. The largest absolute Gasteiger partial charge is 0.481 e. The Hall–Kier alpha value is -1.06. The Bertz CT molecular complexity index is 392. The van der Waals surface area contributed by atoms with Gasteiger partial charge in [-0.15, -0.1) is 0 Å². The molecule has 0 aromatic heterocycles. The minimum Gasteiger partial charge on any atom is -0.481 e. The van der Waals surface area contributed by atoms with Crippen molar-refractivity contribution in [2.24, 2.45) is 5.92 Å². The Kier molecular flexibility index (Phi) is 3.94. The fourth-order valence-corrected chi connectivity index (χ4v) is 1.91. The molecule has 3 nitrogen and oxygen atoms in total. The van der Waals surface area contributed by atoms with Crippen molar-refractivity contribution in [2.75, 3.05) is 0 Å². The summed E-state index contributed by atoms with van der Waals surface area (Å²) in [7, 11) is 0. The second-order valence-corrected chi connectivity index (χ2v) is 4.28. The van der Waals surface area contributed by atoms with Crippen LogP contribution in [0.1, 0.15) is 25.8 Å². The molecule has 1 rings (SSSR count). The van der Waals surface area contributed by atoms with Crippen molar-refractivity contribution >= 4 is 17.6 Å². The number of carboxylic acid groups (broad SMARTS) is 1. The predicted octanol–water partition coefficient (Wildman–Crippen LogP) is 2.66. The first kappa shape index (κ1) is 13.0. The maximum atomic E-state index is 11.0. The summed E-state index contributed by atoms with van der Waals surface area (Å²) >= 11 is 5.83. The highest BCUT2D eigenvalue weighted by Crippen LogP contribution is 2.34. The van der Waals surface area contributed by atoms with Gasteiger partial charge in [-0.1, -0.05) is 30.7 Å². The fourth-order valence-electron chi connectivity index (χ4n) is 1.72. The molecule has 0 aliphatic carbocycles. The monoisotopic (exact) mass is 242 g/mol. The van der Waals surface area contributed by atoms with Crippen LogP contribution in [0.3, 0.4) is 0 Å². The molecular weight excluding hydrogens is 228 g/mol. The van der Waals surface area contributed by atoms with Crippen molar-refractivity contribution < 1.29 is 15.0 Å². The van der Waals surface area contributed by atoms with Gasteiger partial charge in [-0.2, -0.15) is 0 Å². The van der Waals surface area contributed by atoms with Crippen molar-refractivity contribution in [1.82, 2.24) is 0 Å². The van der Waals surface area contributed by atoms with Crippen molar-refractivity contribution in [2.45, 2.75) is 25.9 Å². The van der Waals surface area contributed by atoms with Crippen LogP contribution in [-0.4, -0.2) is 16.2 Å². The Morgan fingerprint density at radius 1 is 1.56 bits per heavy atom. The van der Waals surface area contributed by atoms with Crippen LogP contribution in [0.25, 0.3) is 0 Å². The Morgan fingerprint density at radius 3 is 2.62 bits per heavy atom. The number of carboxylic acids is 1. The average Bonchev–Trinajstić information content (AvgIpc) is 2.26. The number of aliphatic hydroxyl groups is 1.